The Hall–Kier alpha value is -2.44. The van der Waals surface area contributed by atoms with Crippen LogP contribution in [0.15, 0.2) is 48.7 Å². The largest absolute Gasteiger partial charge is 0.376 e. The molecule has 1 atom stereocenters. The third-order valence-electron chi connectivity index (χ3n) is 5.47. The molecule has 1 aromatic heterocycles. The number of hydrogen-bond donors (Lipinski definition) is 1. The number of amides is 1. The standard InChI is InChI=1S/C22H28N4O2/c27-22(24-16-20-7-4-14-28-20)19-8-9-21(23-15-19)26-12-10-25(11-13-26)17-18-5-2-1-3-6-18/h1-3,5-6,8-9,15,20H,4,7,10-14,16-17H2,(H,24,27). The minimum atomic E-state index is -0.0813. The van der Waals surface area contributed by atoms with Crippen LogP contribution in [-0.2, 0) is 11.3 Å². The lowest BCUT2D eigenvalue weighted by Gasteiger charge is -2.35. The average molecular weight is 380 g/mol. The first kappa shape index (κ1) is 18.9. The van der Waals surface area contributed by atoms with E-state index in [1.807, 2.05) is 12.1 Å². The highest BCUT2D eigenvalue weighted by Crippen LogP contribution is 2.16. The van der Waals surface area contributed by atoms with Gasteiger partial charge in [0.15, 0.2) is 0 Å². The Balaban J connectivity index is 1.25. The number of nitrogens with one attached hydrogen (secondary N) is 1. The first-order valence-electron chi connectivity index (χ1n) is 10.1. The summed E-state index contributed by atoms with van der Waals surface area (Å²) in [5.74, 6) is 0.859. The zero-order valence-electron chi connectivity index (χ0n) is 16.2. The monoisotopic (exact) mass is 380 g/mol. The van der Waals surface area contributed by atoms with Crippen molar-refractivity contribution in [3.05, 3.63) is 59.8 Å². The summed E-state index contributed by atoms with van der Waals surface area (Å²) in [6.07, 6.45) is 3.93. The molecule has 6 heteroatoms. The summed E-state index contributed by atoms with van der Waals surface area (Å²) >= 11 is 0. The summed E-state index contributed by atoms with van der Waals surface area (Å²) in [7, 11) is 0. The van der Waals surface area contributed by atoms with Gasteiger partial charge in [-0.1, -0.05) is 30.3 Å². The number of ether oxygens (including phenoxy) is 1. The smallest absolute Gasteiger partial charge is 0.252 e. The van der Waals surface area contributed by atoms with Crippen molar-refractivity contribution < 1.29 is 9.53 Å². The van der Waals surface area contributed by atoms with Crippen LogP contribution in [0.25, 0.3) is 0 Å². The average Bonchev–Trinajstić information content (AvgIpc) is 3.27. The van der Waals surface area contributed by atoms with Gasteiger partial charge in [0.2, 0.25) is 0 Å². The van der Waals surface area contributed by atoms with E-state index in [0.717, 1.165) is 58.0 Å². The molecule has 3 heterocycles. The van der Waals surface area contributed by atoms with E-state index in [1.165, 1.54) is 5.56 Å². The minimum Gasteiger partial charge on any atom is -0.376 e. The molecular weight excluding hydrogens is 352 g/mol. The van der Waals surface area contributed by atoms with Crippen LogP contribution in [0.4, 0.5) is 5.82 Å². The number of anilines is 1. The molecule has 28 heavy (non-hydrogen) atoms. The number of piperazine rings is 1. The summed E-state index contributed by atoms with van der Waals surface area (Å²) < 4.78 is 5.54. The van der Waals surface area contributed by atoms with Gasteiger partial charge in [0, 0.05) is 52.1 Å². The van der Waals surface area contributed by atoms with Gasteiger partial charge in [0.25, 0.3) is 5.91 Å². The van der Waals surface area contributed by atoms with Crippen LogP contribution in [0.2, 0.25) is 0 Å². The molecule has 1 amide bonds. The Morgan fingerprint density at radius 1 is 1.11 bits per heavy atom. The molecule has 0 bridgehead atoms. The summed E-state index contributed by atoms with van der Waals surface area (Å²) in [5, 5.41) is 2.94. The number of carbonyl (C=O) groups excluding carboxylic acids is 1. The van der Waals surface area contributed by atoms with E-state index in [1.54, 1.807) is 6.20 Å². The van der Waals surface area contributed by atoms with Crippen LogP contribution in [0.5, 0.6) is 0 Å². The summed E-state index contributed by atoms with van der Waals surface area (Å²) in [5.41, 5.74) is 1.96. The summed E-state index contributed by atoms with van der Waals surface area (Å²) in [6, 6.07) is 14.4. The normalized spacial score (nSPS) is 20.3. The number of benzene rings is 1. The SMILES string of the molecule is O=C(NCC1CCCO1)c1ccc(N2CCN(Cc3ccccc3)CC2)nc1. The molecule has 2 aliphatic heterocycles. The molecule has 2 fully saturated rings. The van der Waals surface area contributed by atoms with E-state index < -0.39 is 0 Å². The van der Waals surface area contributed by atoms with Gasteiger partial charge in [0.05, 0.1) is 11.7 Å². The predicted octanol–water partition coefficient (Wildman–Crippen LogP) is 2.31. The number of nitrogens with zero attached hydrogens (tertiary/aromatic N) is 3. The quantitative estimate of drug-likeness (QED) is 0.833. The number of carbonyl (C=O) groups is 1. The zero-order chi connectivity index (χ0) is 19.2. The van der Waals surface area contributed by atoms with Crippen molar-refractivity contribution in [1.82, 2.24) is 15.2 Å². The van der Waals surface area contributed by atoms with Crippen molar-refractivity contribution >= 4 is 11.7 Å². The second kappa shape index (κ2) is 9.17. The summed E-state index contributed by atoms with van der Waals surface area (Å²) in [6.45, 7) is 6.29. The summed E-state index contributed by atoms with van der Waals surface area (Å²) in [4.78, 5) is 21.6. The number of hydrogen-bond acceptors (Lipinski definition) is 5. The van der Waals surface area contributed by atoms with E-state index in [2.05, 4.69) is 50.4 Å². The fraction of sp³-hybridized carbons (Fsp3) is 0.455. The fourth-order valence-electron chi connectivity index (χ4n) is 3.80. The van der Waals surface area contributed by atoms with Gasteiger partial charge >= 0.3 is 0 Å². The molecule has 6 nitrogen and oxygen atoms in total. The fourth-order valence-corrected chi connectivity index (χ4v) is 3.80. The maximum absolute atomic E-state index is 12.3. The third-order valence-corrected chi connectivity index (χ3v) is 5.47. The van der Waals surface area contributed by atoms with Crippen LogP contribution in [0.3, 0.4) is 0 Å². The first-order valence-corrected chi connectivity index (χ1v) is 10.1. The van der Waals surface area contributed by atoms with Gasteiger partial charge in [-0.3, -0.25) is 9.69 Å². The van der Waals surface area contributed by atoms with Crippen LogP contribution in [0.1, 0.15) is 28.8 Å². The van der Waals surface area contributed by atoms with Crippen molar-refractivity contribution in [3.63, 3.8) is 0 Å². The molecule has 148 valence electrons. The van der Waals surface area contributed by atoms with Crippen LogP contribution in [0, 0.1) is 0 Å². The third kappa shape index (κ3) is 4.88. The van der Waals surface area contributed by atoms with Crippen LogP contribution in [-0.4, -0.2) is 61.2 Å². The Kier molecular flexibility index (Phi) is 6.19. The number of aromatic nitrogens is 1. The van der Waals surface area contributed by atoms with Crippen molar-refractivity contribution in [1.29, 1.82) is 0 Å². The van der Waals surface area contributed by atoms with E-state index >= 15 is 0 Å². The molecule has 1 N–H and O–H groups in total. The molecule has 1 aromatic carbocycles. The van der Waals surface area contributed by atoms with E-state index in [9.17, 15) is 4.79 Å². The van der Waals surface area contributed by atoms with E-state index in [4.69, 9.17) is 4.74 Å². The van der Waals surface area contributed by atoms with E-state index in [0.29, 0.717) is 12.1 Å². The molecule has 0 spiro atoms. The Morgan fingerprint density at radius 2 is 1.93 bits per heavy atom. The lowest BCUT2D eigenvalue weighted by Crippen LogP contribution is -2.46. The van der Waals surface area contributed by atoms with Gasteiger partial charge < -0.3 is 15.0 Å². The Morgan fingerprint density at radius 3 is 2.61 bits per heavy atom. The van der Waals surface area contributed by atoms with E-state index in [-0.39, 0.29) is 12.0 Å². The van der Waals surface area contributed by atoms with Gasteiger partial charge in [-0.25, -0.2) is 4.98 Å². The van der Waals surface area contributed by atoms with Gasteiger partial charge in [-0.05, 0) is 30.5 Å². The minimum absolute atomic E-state index is 0.0813. The molecule has 0 saturated carbocycles. The molecule has 2 saturated heterocycles. The maximum atomic E-state index is 12.3. The first-order chi connectivity index (χ1) is 13.8. The van der Waals surface area contributed by atoms with Gasteiger partial charge in [-0.15, -0.1) is 0 Å². The van der Waals surface area contributed by atoms with Crippen LogP contribution < -0.4 is 10.2 Å². The van der Waals surface area contributed by atoms with Crippen molar-refractivity contribution in [2.24, 2.45) is 0 Å². The molecule has 1 unspecified atom stereocenters. The topological polar surface area (TPSA) is 57.7 Å². The molecule has 4 rings (SSSR count). The van der Waals surface area contributed by atoms with Gasteiger partial charge in [-0.2, -0.15) is 0 Å². The molecular formula is C22H28N4O2. The molecule has 0 radical (unpaired) electrons. The molecule has 0 aliphatic carbocycles. The number of rotatable bonds is 6. The van der Waals surface area contributed by atoms with Crippen molar-refractivity contribution in [3.8, 4) is 0 Å². The lowest BCUT2D eigenvalue weighted by atomic mass is 10.2. The Bertz CT molecular complexity index is 752. The highest BCUT2D eigenvalue weighted by atomic mass is 16.5. The zero-order valence-corrected chi connectivity index (χ0v) is 16.2. The lowest BCUT2D eigenvalue weighted by molar-refractivity contribution is 0.0857. The predicted molar refractivity (Wildman–Crippen MR) is 109 cm³/mol. The Labute approximate surface area is 166 Å². The highest BCUT2D eigenvalue weighted by Gasteiger charge is 2.19. The second-order valence-corrected chi connectivity index (χ2v) is 7.50. The van der Waals surface area contributed by atoms with Crippen LogP contribution >= 0.6 is 0 Å². The number of pyridine rings is 1. The maximum Gasteiger partial charge on any atom is 0.252 e. The highest BCUT2D eigenvalue weighted by molar-refractivity contribution is 5.94. The molecule has 2 aliphatic rings. The second-order valence-electron chi connectivity index (χ2n) is 7.50. The van der Waals surface area contributed by atoms with Gasteiger partial charge in [0.1, 0.15) is 5.82 Å². The molecule has 2 aromatic rings. The van der Waals surface area contributed by atoms with Crippen molar-refractivity contribution in [2.45, 2.75) is 25.5 Å². The van der Waals surface area contributed by atoms with Crippen molar-refractivity contribution in [2.75, 3.05) is 44.2 Å².